The van der Waals surface area contributed by atoms with Gasteiger partial charge in [-0.2, -0.15) is 5.10 Å². The summed E-state index contributed by atoms with van der Waals surface area (Å²) >= 11 is 3.33. The standard InChI is InChI=1S/C17H16BrN3O2/c1-11(13-6-8-16(9-7-13)19-12(2)22)20-21-17(23)14-4-3-5-15(18)10-14/h3-10H,1-2H3,(H,19,22)(H,21,23). The van der Waals surface area contributed by atoms with E-state index < -0.39 is 0 Å². The Labute approximate surface area is 142 Å². The van der Waals surface area contributed by atoms with Gasteiger partial charge in [0, 0.05) is 22.6 Å². The lowest BCUT2D eigenvalue weighted by Gasteiger charge is -2.05. The number of hydrazone groups is 1. The fourth-order valence-corrected chi connectivity index (χ4v) is 2.29. The first-order valence-electron chi connectivity index (χ1n) is 6.94. The van der Waals surface area contributed by atoms with E-state index in [1.165, 1.54) is 6.92 Å². The van der Waals surface area contributed by atoms with E-state index >= 15 is 0 Å². The van der Waals surface area contributed by atoms with Gasteiger partial charge in [-0.25, -0.2) is 5.43 Å². The highest BCUT2D eigenvalue weighted by Gasteiger charge is 2.05. The molecule has 2 rings (SSSR count). The van der Waals surface area contributed by atoms with Crippen molar-refractivity contribution in [2.75, 3.05) is 5.32 Å². The maximum Gasteiger partial charge on any atom is 0.271 e. The zero-order chi connectivity index (χ0) is 16.8. The second-order valence-corrected chi connectivity index (χ2v) is 5.82. The molecular formula is C17H16BrN3O2. The molecule has 0 aromatic heterocycles. The highest BCUT2D eigenvalue weighted by Crippen LogP contribution is 2.12. The van der Waals surface area contributed by atoms with Crippen LogP contribution in [0.25, 0.3) is 0 Å². The highest BCUT2D eigenvalue weighted by molar-refractivity contribution is 9.10. The Morgan fingerprint density at radius 2 is 1.70 bits per heavy atom. The molecule has 0 aliphatic rings. The van der Waals surface area contributed by atoms with E-state index in [0.717, 1.165) is 10.0 Å². The van der Waals surface area contributed by atoms with Crippen molar-refractivity contribution in [1.82, 2.24) is 5.43 Å². The van der Waals surface area contributed by atoms with Crippen molar-refractivity contribution in [1.29, 1.82) is 0 Å². The SMILES string of the molecule is CC(=O)Nc1ccc(C(C)=NNC(=O)c2cccc(Br)c2)cc1. The van der Waals surface area contributed by atoms with Crippen LogP contribution in [0.15, 0.2) is 58.1 Å². The van der Waals surface area contributed by atoms with E-state index in [2.05, 4.69) is 31.8 Å². The highest BCUT2D eigenvalue weighted by atomic mass is 79.9. The number of benzene rings is 2. The van der Waals surface area contributed by atoms with Crippen LogP contribution in [0.2, 0.25) is 0 Å². The summed E-state index contributed by atoms with van der Waals surface area (Å²) in [5, 5.41) is 6.80. The Morgan fingerprint density at radius 1 is 1.00 bits per heavy atom. The molecule has 0 saturated carbocycles. The number of carbonyl (C=O) groups is 2. The van der Waals surface area contributed by atoms with E-state index in [1.54, 1.807) is 37.3 Å². The van der Waals surface area contributed by atoms with Gasteiger partial charge in [-0.1, -0.05) is 34.1 Å². The Morgan fingerprint density at radius 3 is 2.30 bits per heavy atom. The summed E-state index contributed by atoms with van der Waals surface area (Å²) in [7, 11) is 0. The molecule has 0 spiro atoms. The molecule has 0 heterocycles. The Kier molecular flexibility index (Phi) is 5.65. The van der Waals surface area contributed by atoms with E-state index in [-0.39, 0.29) is 11.8 Å². The first-order valence-corrected chi connectivity index (χ1v) is 7.73. The van der Waals surface area contributed by atoms with Gasteiger partial charge in [-0.3, -0.25) is 9.59 Å². The van der Waals surface area contributed by atoms with Crippen LogP contribution < -0.4 is 10.7 Å². The molecule has 2 aromatic carbocycles. The molecule has 6 heteroatoms. The summed E-state index contributed by atoms with van der Waals surface area (Å²) < 4.78 is 0.833. The fourth-order valence-electron chi connectivity index (χ4n) is 1.89. The zero-order valence-corrected chi connectivity index (χ0v) is 14.3. The van der Waals surface area contributed by atoms with Gasteiger partial charge in [0.05, 0.1) is 5.71 Å². The van der Waals surface area contributed by atoms with Crippen molar-refractivity contribution < 1.29 is 9.59 Å². The Bertz CT molecular complexity index is 755. The molecular weight excluding hydrogens is 358 g/mol. The van der Waals surface area contributed by atoms with E-state index in [0.29, 0.717) is 17.0 Å². The monoisotopic (exact) mass is 373 g/mol. The topological polar surface area (TPSA) is 70.6 Å². The number of anilines is 1. The lowest BCUT2D eigenvalue weighted by Crippen LogP contribution is -2.19. The van der Waals surface area contributed by atoms with Gasteiger partial charge in [-0.05, 0) is 42.8 Å². The van der Waals surface area contributed by atoms with Crippen LogP contribution in [-0.4, -0.2) is 17.5 Å². The average Bonchev–Trinajstić information content (AvgIpc) is 2.52. The summed E-state index contributed by atoms with van der Waals surface area (Å²) in [6.45, 7) is 3.26. The molecule has 0 atom stereocenters. The largest absolute Gasteiger partial charge is 0.326 e. The average molecular weight is 374 g/mol. The molecule has 0 radical (unpaired) electrons. The lowest BCUT2D eigenvalue weighted by atomic mass is 10.1. The van der Waals surface area contributed by atoms with Crippen LogP contribution >= 0.6 is 15.9 Å². The van der Waals surface area contributed by atoms with E-state index in [1.807, 2.05) is 18.2 Å². The molecule has 5 nitrogen and oxygen atoms in total. The third-order valence-corrected chi connectivity index (χ3v) is 3.53. The summed E-state index contributed by atoms with van der Waals surface area (Å²) in [5.41, 5.74) is 5.29. The Balaban J connectivity index is 2.04. The number of hydrogen-bond acceptors (Lipinski definition) is 3. The van der Waals surface area contributed by atoms with Crippen LogP contribution in [0, 0.1) is 0 Å². The zero-order valence-electron chi connectivity index (χ0n) is 12.8. The van der Waals surface area contributed by atoms with Crippen molar-refractivity contribution in [2.24, 2.45) is 5.10 Å². The van der Waals surface area contributed by atoms with Crippen molar-refractivity contribution in [3.8, 4) is 0 Å². The van der Waals surface area contributed by atoms with E-state index in [4.69, 9.17) is 0 Å². The van der Waals surface area contributed by atoms with Gasteiger partial charge >= 0.3 is 0 Å². The number of amides is 2. The summed E-state index contributed by atoms with van der Waals surface area (Å²) in [5.74, 6) is -0.398. The molecule has 2 amide bonds. The maximum atomic E-state index is 12.0. The number of nitrogens with zero attached hydrogens (tertiary/aromatic N) is 1. The summed E-state index contributed by atoms with van der Waals surface area (Å²) in [4.78, 5) is 23.0. The molecule has 0 fully saturated rings. The van der Waals surface area contributed by atoms with Gasteiger partial charge in [0.15, 0.2) is 0 Å². The number of carbonyl (C=O) groups excluding carboxylic acids is 2. The van der Waals surface area contributed by atoms with Crippen molar-refractivity contribution >= 4 is 39.1 Å². The van der Waals surface area contributed by atoms with Gasteiger partial charge in [0.1, 0.15) is 0 Å². The van der Waals surface area contributed by atoms with Gasteiger partial charge < -0.3 is 5.32 Å². The quantitative estimate of drug-likeness (QED) is 0.635. The normalized spacial score (nSPS) is 11.0. The second kappa shape index (κ2) is 7.69. The third kappa shape index (κ3) is 5.03. The minimum absolute atomic E-state index is 0.121. The molecule has 23 heavy (non-hydrogen) atoms. The molecule has 0 unspecified atom stereocenters. The van der Waals surface area contributed by atoms with Crippen LogP contribution in [0.4, 0.5) is 5.69 Å². The second-order valence-electron chi connectivity index (χ2n) is 4.91. The van der Waals surface area contributed by atoms with Gasteiger partial charge in [0.2, 0.25) is 5.91 Å². The predicted molar refractivity (Wildman–Crippen MR) is 94.6 cm³/mol. The first kappa shape index (κ1) is 16.9. The van der Waals surface area contributed by atoms with Crippen molar-refractivity contribution in [2.45, 2.75) is 13.8 Å². The van der Waals surface area contributed by atoms with Gasteiger partial charge in [-0.15, -0.1) is 0 Å². The molecule has 0 bridgehead atoms. The lowest BCUT2D eigenvalue weighted by molar-refractivity contribution is -0.114. The molecule has 118 valence electrons. The number of nitrogens with one attached hydrogen (secondary N) is 2. The number of hydrogen-bond donors (Lipinski definition) is 2. The van der Waals surface area contributed by atoms with Crippen molar-refractivity contribution in [3.63, 3.8) is 0 Å². The minimum atomic E-state index is -0.277. The molecule has 2 N–H and O–H groups in total. The third-order valence-electron chi connectivity index (χ3n) is 3.04. The van der Waals surface area contributed by atoms with Crippen LogP contribution in [0.3, 0.4) is 0 Å². The number of halogens is 1. The smallest absolute Gasteiger partial charge is 0.271 e. The minimum Gasteiger partial charge on any atom is -0.326 e. The Hall–Kier alpha value is -2.47. The van der Waals surface area contributed by atoms with Gasteiger partial charge in [0.25, 0.3) is 5.91 Å². The van der Waals surface area contributed by atoms with Crippen LogP contribution in [0.1, 0.15) is 29.8 Å². The maximum absolute atomic E-state index is 12.0. The van der Waals surface area contributed by atoms with E-state index in [9.17, 15) is 9.59 Å². The van der Waals surface area contributed by atoms with Crippen LogP contribution in [0.5, 0.6) is 0 Å². The molecule has 0 saturated heterocycles. The summed E-state index contributed by atoms with van der Waals surface area (Å²) in [6.07, 6.45) is 0. The summed E-state index contributed by atoms with van der Waals surface area (Å²) in [6, 6.07) is 14.3. The number of rotatable bonds is 4. The fraction of sp³-hybridized carbons (Fsp3) is 0.118. The first-order chi connectivity index (χ1) is 11.0. The molecule has 0 aliphatic carbocycles. The molecule has 2 aromatic rings. The van der Waals surface area contributed by atoms with Crippen molar-refractivity contribution in [3.05, 3.63) is 64.1 Å². The predicted octanol–water partition coefficient (Wildman–Crippen LogP) is 3.56. The molecule has 0 aliphatic heterocycles. The van der Waals surface area contributed by atoms with Crippen LogP contribution in [-0.2, 0) is 4.79 Å².